The van der Waals surface area contributed by atoms with Crippen LogP contribution in [0.15, 0.2) is 59.5 Å². The standard InChI is InChI=1S/C23H28N6O4/c1-5-6-18(29-19(23(25)31)11-14(2)28-15(3)22(24)30)16-7-9-17(10-8-16)33-21-13-26-20(32-4)12-27-21/h6-13,15,28H,5H2,1-4H3,(H2,24,30)(H2,25,31)/b14-11+,18-6+,29-19+/t15-/m0/s1. The molecule has 1 aromatic heterocycles. The third-order valence-electron chi connectivity index (χ3n) is 4.30. The molecule has 33 heavy (non-hydrogen) atoms. The van der Waals surface area contributed by atoms with Crippen LogP contribution in [0.4, 0.5) is 0 Å². The van der Waals surface area contributed by atoms with Crippen LogP contribution in [-0.4, -0.2) is 40.6 Å². The minimum absolute atomic E-state index is 0.0326. The second kappa shape index (κ2) is 12.0. The molecular formula is C23H28N6O4. The van der Waals surface area contributed by atoms with Crippen LogP contribution in [-0.2, 0) is 9.59 Å². The molecule has 10 heteroatoms. The number of nitrogens with zero attached hydrogens (tertiary/aromatic N) is 3. The first-order valence-electron chi connectivity index (χ1n) is 10.2. The maximum Gasteiger partial charge on any atom is 0.267 e. The lowest BCUT2D eigenvalue weighted by atomic mass is 10.1. The van der Waals surface area contributed by atoms with Gasteiger partial charge in [-0.15, -0.1) is 0 Å². The highest BCUT2D eigenvalue weighted by molar-refractivity contribution is 6.43. The van der Waals surface area contributed by atoms with Crippen molar-refractivity contribution in [3.05, 3.63) is 60.1 Å². The van der Waals surface area contributed by atoms with Gasteiger partial charge in [0.15, 0.2) is 0 Å². The summed E-state index contributed by atoms with van der Waals surface area (Å²) in [6, 6.07) is 6.51. The molecular weight excluding hydrogens is 424 g/mol. The zero-order chi connectivity index (χ0) is 24.4. The first kappa shape index (κ1) is 25.1. The Hall–Kier alpha value is -4.21. The lowest BCUT2D eigenvalue weighted by molar-refractivity contribution is -0.119. The molecule has 0 radical (unpaired) electrons. The Morgan fingerprint density at radius 1 is 1.15 bits per heavy atom. The van der Waals surface area contributed by atoms with Gasteiger partial charge in [0.1, 0.15) is 17.5 Å². The summed E-state index contributed by atoms with van der Waals surface area (Å²) in [5, 5.41) is 2.89. The number of ether oxygens (including phenoxy) is 2. The molecule has 1 heterocycles. The smallest absolute Gasteiger partial charge is 0.267 e. The van der Waals surface area contributed by atoms with Crippen molar-refractivity contribution in [3.8, 4) is 17.5 Å². The Morgan fingerprint density at radius 2 is 1.79 bits per heavy atom. The summed E-state index contributed by atoms with van der Waals surface area (Å²) < 4.78 is 10.7. The molecule has 0 bridgehead atoms. The number of carbonyl (C=O) groups excluding carboxylic acids is 2. The highest BCUT2D eigenvalue weighted by atomic mass is 16.5. The summed E-state index contributed by atoms with van der Waals surface area (Å²) >= 11 is 0. The third-order valence-corrected chi connectivity index (χ3v) is 4.30. The second-order valence-electron chi connectivity index (χ2n) is 6.98. The predicted octanol–water partition coefficient (Wildman–Crippen LogP) is 2.32. The first-order valence-corrected chi connectivity index (χ1v) is 10.2. The minimum atomic E-state index is -0.706. The van der Waals surface area contributed by atoms with Crippen LogP contribution < -0.4 is 26.3 Å². The predicted molar refractivity (Wildman–Crippen MR) is 126 cm³/mol. The van der Waals surface area contributed by atoms with E-state index in [-0.39, 0.29) is 5.71 Å². The number of aliphatic imine (C=N–C) groups is 1. The monoisotopic (exact) mass is 452 g/mol. The maximum atomic E-state index is 12.0. The number of nitrogens with one attached hydrogen (secondary N) is 1. The number of amides is 2. The summed E-state index contributed by atoms with van der Waals surface area (Å²) in [6.07, 6.45) is 6.95. The Balaban J connectivity index is 2.26. The Morgan fingerprint density at radius 3 is 2.30 bits per heavy atom. The summed E-state index contributed by atoms with van der Waals surface area (Å²) in [5.41, 5.74) is 12.7. The van der Waals surface area contributed by atoms with Crippen molar-refractivity contribution in [1.29, 1.82) is 0 Å². The van der Waals surface area contributed by atoms with Gasteiger partial charge in [0.25, 0.3) is 5.91 Å². The summed E-state index contributed by atoms with van der Waals surface area (Å²) in [5.74, 6) is 0.0326. The molecule has 5 N–H and O–H groups in total. The molecule has 0 aliphatic heterocycles. The van der Waals surface area contributed by atoms with Crippen LogP contribution in [0.2, 0.25) is 0 Å². The van der Waals surface area contributed by atoms with E-state index in [2.05, 4.69) is 20.3 Å². The Bertz CT molecular complexity index is 1060. The normalized spacial score (nSPS) is 13.3. The van der Waals surface area contributed by atoms with E-state index in [4.69, 9.17) is 20.9 Å². The number of benzene rings is 1. The highest BCUT2D eigenvalue weighted by Crippen LogP contribution is 2.24. The van der Waals surface area contributed by atoms with Gasteiger partial charge in [0, 0.05) is 11.3 Å². The Labute approximate surface area is 192 Å². The molecule has 0 aliphatic carbocycles. The summed E-state index contributed by atoms with van der Waals surface area (Å²) in [6.45, 7) is 5.26. The van der Waals surface area contributed by atoms with Crippen LogP contribution >= 0.6 is 0 Å². The van der Waals surface area contributed by atoms with E-state index >= 15 is 0 Å². The molecule has 2 aromatic rings. The van der Waals surface area contributed by atoms with E-state index in [1.54, 1.807) is 38.1 Å². The van der Waals surface area contributed by atoms with Gasteiger partial charge in [-0.3, -0.25) is 9.59 Å². The van der Waals surface area contributed by atoms with Crippen LogP contribution in [0.1, 0.15) is 32.8 Å². The molecule has 10 nitrogen and oxygen atoms in total. The number of primary amides is 2. The first-order chi connectivity index (χ1) is 15.7. The fraction of sp³-hybridized carbons (Fsp3) is 0.261. The Kier molecular flexibility index (Phi) is 9.10. The number of aromatic nitrogens is 2. The molecule has 0 fully saturated rings. The van der Waals surface area contributed by atoms with Crippen molar-refractivity contribution in [2.75, 3.05) is 7.11 Å². The molecule has 2 amide bonds. The van der Waals surface area contributed by atoms with E-state index in [1.165, 1.54) is 25.6 Å². The fourth-order valence-electron chi connectivity index (χ4n) is 2.65. The van der Waals surface area contributed by atoms with Gasteiger partial charge < -0.3 is 26.3 Å². The molecule has 0 spiro atoms. The van der Waals surface area contributed by atoms with Crippen molar-refractivity contribution >= 4 is 23.2 Å². The van der Waals surface area contributed by atoms with Gasteiger partial charge in [-0.05, 0) is 50.6 Å². The van der Waals surface area contributed by atoms with E-state index in [0.717, 1.165) is 5.56 Å². The van der Waals surface area contributed by atoms with Gasteiger partial charge >= 0.3 is 0 Å². The summed E-state index contributed by atoms with van der Waals surface area (Å²) in [4.78, 5) is 35.9. The van der Waals surface area contributed by atoms with E-state index < -0.39 is 17.9 Å². The van der Waals surface area contributed by atoms with Crippen LogP contribution in [0.25, 0.3) is 5.70 Å². The zero-order valence-electron chi connectivity index (χ0n) is 19.0. The molecule has 1 atom stereocenters. The lowest BCUT2D eigenvalue weighted by Gasteiger charge is -2.12. The topological polar surface area (TPSA) is 155 Å². The molecule has 0 saturated carbocycles. The second-order valence-corrected chi connectivity index (χ2v) is 6.98. The average Bonchev–Trinajstić information content (AvgIpc) is 2.79. The number of allylic oxidation sites excluding steroid dienone is 2. The quantitative estimate of drug-likeness (QED) is 0.442. The van der Waals surface area contributed by atoms with Crippen molar-refractivity contribution in [2.45, 2.75) is 33.2 Å². The molecule has 0 unspecified atom stereocenters. The van der Waals surface area contributed by atoms with Crippen molar-refractivity contribution in [1.82, 2.24) is 15.3 Å². The van der Waals surface area contributed by atoms with Gasteiger partial charge in [-0.2, -0.15) is 0 Å². The van der Waals surface area contributed by atoms with Gasteiger partial charge in [-0.1, -0.05) is 13.0 Å². The van der Waals surface area contributed by atoms with Crippen LogP contribution in [0, 0.1) is 0 Å². The minimum Gasteiger partial charge on any atom is -0.480 e. The molecule has 1 aromatic carbocycles. The highest BCUT2D eigenvalue weighted by Gasteiger charge is 2.11. The van der Waals surface area contributed by atoms with Crippen molar-refractivity contribution in [2.24, 2.45) is 16.5 Å². The number of hydrogen-bond donors (Lipinski definition) is 3. The largest absolute Gasteiger partial charge is 0.480 e. The number of carbonyl (C=O) groups is 2. The third kappa shape index (κ3) is 7.76. The van der Waals surface area contributed by atoms with Crippen LogP contribution in [0.5, 0.6) is 17.5 Å². The fourth-order valence-corrected chi connectivity index (χ4v) is 2.65. The van der Waals surface area contributed by atoms with Gasteiger partial charge in [0.2, 0.25) is 17.7 Å². The van der Waals surface area contributed by atoms with E-state index in [0.29, 0.717) is 35.3 Å². The van der Waals surface area contributed by atoms with Crippen molar-refractivity contribution < 1.29 is 19.1 Å². The summed E-state index contributed by atoms with van der Waals surface area (Å²) in [7, 11) is 1.51. The molecule has 0 aliphatic rings. The maximum absolute atomic E-state index is 12.0. The number of rotatable bonds is 11. The van der Waals surface area contributed by atoms with Gasteiger partial charge in [0.05, 0.1) is 25.2 Å². The zero-order valence-corrected chi connectivity index (χ0v) is 19.0. The number of hydrogen-bond acceptors (Lipinski definition) is 8. The molecule has 0 saturated heterocycles. The number of nitrogens with two attached hydrogens (primary N) is 2. The lowest BCUT2D eigenvalue weighted by Crippen LogP contribution is -2.38. The SMILES string of the molecule is CC/C=C(/N=C(\C=C(/C)N[C@@H](C)C(N)=O)C(N)=O)c1ccc(Oc2cnc(OC)cn2)cc1. The van der Waals surface area contributed by atoms with Gasteiger partial charge in [-0.25, -0.2) is 15.0 Å². The average molecular weight is 453 g/mol. The molecule has 174 valence electrons. The molecule has 2 rings (SSSR count). The van der Waals surface area contributed by atoms with E-state index in [1.807, 2.05) is 13.0 Å². The van der Waals surface area contributed by atoms with Crippen molar-refractivity contribution in [3.63, 3.8) is 0 Å². The van der Waals surface area contributed by atoms with Crippen LogP contribution in [0.3, 0.4) is 0 Å². The number of methoxy groups -OCH3 is 1. The van der Waals surface area contributed by atoms with E-state index in [9.17, 15) is 9.59 Å².